The minimum absolute atomic E-state index is 0.0238. The van der Waals surface area contributed by atoms with E-state index in [2.05, 4.69) is 10.6 Å². The van der Waals surface area contributed by atoms with Crippen molar-refractivity contribution in [3.05, 3.63) is 35.9 Å². The molecule has 0 aliphatic rings. The predicted octanol–water partition coefficient (Wildman–Crippen LogP) is -0.702. The molecule has 1 rings (SSSR count). The highest BCUT2D eigenvalue weighted by Crippen LogP contribution is 1.97. The summed E-state index contributed by atoms with van der Waals surface area (Å²) in [6, 6.07) is 7.96. The van der Waals surface area contributed by atoms with E-state index in [0.717, 1.165) is 5.56 Å². The molecule has 0 aromatic heterocycles. The Balaban J connectivity index is 2.32. The van der Waals surface area contributed by atoms with Gasteiger partial charge in [-0.25, -0.2) is 4.79 Å². The first-order valence-corrected chi connectivity index (χ1v) is 5.20. The molecule has 0 bridgehead atoms. The molecule has 6 nitrogen and oxygen atoms in total. The molecule has 3 amide bonds. The van der Waals surface area contributed by atoms with E-state index < -0.39 is 12.1 Å². The van der Waals surface area contributed by atoms with E-state index in [4.69, 9.17) is 11.5 Å². The molecule has 0 radical (unpaired) electrons. The van der Waals surface area contributed by atoms with Crippen LogP contribution in [0.2, 0.25) is 0 Å². The first-order valence-electron chi connectivity index (χ1n) is 5.20. The van der Waals surface area contributed by atoms with Crippen molar-refractivity contribution in [2.75, 3.05) is 6.54 Å². The molecule has 6 heteroatoms. The quantitative estimate of drug-likeness (QED) is 0.542. The van der Waals surface area contributed by atoms with E-state index in [1.54, 1.807) is 0 Å². The second-order valence-corrected chi connectivity index (χ2v) is 3.56. The fourth-order valence-electron chi connectivity index (χ4n) is 1.22. The van der Waals surface area contributed by atoms with E-state index in [0.29, 0.717) is 6.54 Å². The lowest BCUT2D eigenvalue weighted by atomic mass is 10.2. The molecule has 0 unspecified atom stereocenters. The highest BCUT2D eigenvalue weighted by atomic mass is 16.2. The number of benzene rings is 1. The summed E-state index contributed by atoms with van der Waals surface area (Å²) >= 11 is 0. The zero-order valence-corrected chi connectivity index (χ0v) is 9.35. The Hall–Kier alpha value is -2.08. The van der Waals surface area contributed by atoms with Crippen LogP contribution in [0.25, 0.3) is 0 Å². The molecule has 0 spiro atoms. The summed E-state index contributed by atoms with van der Waals surface area (Å²) < 4.78 is 0. The van der Waals surface area contributed by atoms with Gasteiger partial charge in [0.05, 0.1) is 0 Å². The third kappa shape index (κ3) is 4.98. The third-order valence-electron chi connectivity index (χ3n) is 2.14. The molecular formula is C11H16N4O2. The summed E-state index contributed by atoms with van der Waals surface area (Å²) in [6.45, 7) is 0.430. The van der Waals surface area contributed by atoms with Crippen LogP contribution in [0.4, 0.5) is 4.79 Å². The van der Waals surface area contributed by atoms with Crippen LogP contribution < -0.4 is 22.1 Å². The minimum atomic E-state index is -0.800. The Bertz CT molecular complexity index is 380. The van der Waals surface area contributed by atoms with Gasteiger partial charge >= 0.3 is 6.03 Å². The number of nitrogens with one attached hydrogen (secondary N) is 2. The number of urea groups is 1. The van der Waals surface area contributed by atoms with E-state index in [1.807, 2.05) is 30.3 Å². The van der Waals surface area contributed by atoms with Gasteiger partial charge in [0.25, 0.3) is 0 Å². The monoisotopic (exact) mass is 236 g/mol. The van der Waals surface area contributed by atoms with Gasteiger partial charge in [0.2, 0.25) is 5.91 Å². The van der Waals surface area contributed by atoms with Crippen molar-refractivity contribution < 1.29 is 9.59 Å². The van der Waals surface area contributed by atoms with Crippen LogP contribution in [0.15, 0.2) is 30.3 Å². The fraction of sp³-hybridized carbons (Fsp3) is 0.273. The zero-order valence-electron chi connectivity index (χ0n) is 9.35. The number of primary amides is 1. The van der Waals surface area contributed by atoms with Crippen LogP contribution in [0.1, 0.15) is 5.56 Å². The second-order valence-electron chi connectivity index (χ2n) is 3.56. The molecule has 0 saturated heterocycles. The van der Waals surface area contributed by atoms with Gasteiger partial charge in [0.15, 0.2) is 0 Å². The average Bonchev–Trinajstić information content (AvgIpc) is 2.34. The number of carbonyl (C=O) groups is 2. The molecular weight excluding hydrogens is 220 g/mol. The lowest BCUT2D eigenvalue weighted by molar-refractivity contribution is -0.122. The summed E-state index contributed by atoms with van der Waals surface area (Å²) in [4.78, 5) is 21.9. The van der Waals surface area contributed by atoms with Crippen molar-refractivity contribution in [1.82, 2.24) is 10.6 Å². The number of carbonyl (C=O) groups excluding carboxylic acids is 2. The topological polar surface area (TPSA) is 110 Å². The molecule has 6 N–H and O–H groups in total. The van der Waals surface area contributed by atoms with Gasteiger partial charge < -0.3 is 22.1 Å². The largest absolute Gasteiger partial charge is 0.352 e. The molecule has 0 saturated carbocycles. The van der Waals surface area contributed by atoms with E-state index in [1.165, 1.54) is 0 Å². The first kappa shape index (κ1) is 13.0. The maximum Gasteiger partial charge on any atom is 0.312 e. The predicted molar refractivity (Wildman–Crippen MR) is 63.9 cm³/mol. The maximum atomic E-state index is 11.5. The number of rotatable bonds is 5. The lowest BCUT2D eigenvalue weighted by Crippen LogP contribution is -2.48. The molecule has 0 heterocycles. The van der Waals surface area contributed by atoms with Crippen molar-refractivity contribution in [3.8, 4) is 0 Å². The lowest BCUT2D eigenvalue weighted by Gasteiger charge is -2.12. The SMILES string of the molecule is NC(=O)NC[C@H](N)C(=O)NCc1ccccc1. The van der Waals surface area contributed by atoms with Crippen molar-refractivity contribution >= 4 is 11.9 Å². The average molecular weight is 236 g/mol. The number of amides is 3. The van der Waals surface area contributed by atoms with Gasteiger partial charge in [-0.2, -0.15) is 0 Å². The van der Waals surface area contributed by atoms with Crippen LogP contribution in [0.3, 0.4) is 0 Å². The molecule has 0 fully saturated rings. The molecule has 92 valence electrons. The Kier molecular flexibility index (Phi) is 4.96. The van der Waals surface area contributed by atoms with E-state index >= 15 is 0 Å². The Morgan fingerprint density at radius 2 is 1.82 bits per heavy atom. The number of nitrogens with two attached hydrogens (primary N) is 2. The second kappa shape index (κ2) is 6.49. The molecule has 0 aliphatic carbocycles. The number of hydrogen-bond donors (Lipinski definition) is 4. The summed E-state index contributed by atoms with van der Waals surface area (Å²) in [5.74, 6) is -0.331. The van der Waals surface area contributed by atoms with Crippen molar-refractivity contribution in [2.24, 2.45) is 11.5 Å². The van der Waals surface area contributed by atoms with Crippen LogP contribution >= 0.6 is 0 Å². The molecule has 0 aliphatic heterocycles. The molecule has 1 aromatic carbocycles. The highest BCUT2D eigenvalue weighted by molar-refractivity contribution is 5.82. The standard InChI is InChI=1S/C11H16N4O2/c12-9(7-15-11(13)17)10(16)14-6-8-4-2-1-3-5-8/h1-5,9H,6-7,12H2,(H,14,16)(H3,13,15,17)/t9-/m0/s1. The Labute approximate surface area is 99.4 Å². The van der Waals surface area contributed by atoms with Crippen LogP contribution in [-0.4, -0.2) is 24.5 Å². The van der Waals surface area contributed by atoms with Crippen LogP contribution in [0, 0.1) is 0 Å². The van der Waals surface area contributed by atoms with Crippen molar-refractivity contribution in [3.63, 3.8) is 0 Å². The summed E-state index contributed by atoms with van der Waals surface area (Å²) in [5.41, 5.74) is 11.4. The van der Waals surface area contributed by atoms with Gasteiger partial charge in [-0.1, -0.05) is 30.3 Å². The van der Waals surface area contributed by atoms with Crippen LogP contribution in [0.5, 0.6) is 0 Å². The van der Waals surface area contributed by atoms with Gasteiger partial charge in [-0.15, -0.1) is 0 Å². The summed E-state index contributed by atoms with van der Waals surface area (Å²) in [5, 5.41) is 4.94. The van der Waals surface area contributed by atoms with E-state index in [9.17, 15) is 9.59 Å². The number of hydrogen-bond acceptors (Lipinski definition) is 3. The Morgan fingerprint density at radius 3 is 2.41 bits per heavy atom. The maximum absolute atomic E-state index is 11.5. The van der Waals surface area contributed by atoms with Gasteiger partial charge in [-0.05, 0) is 5.56 Å². The van der Waals surface area contributed by atoms with Crippen LogP contribution in [-0.2, 0) is 11.3 Å². The summed E-state index contributed by atoms with van der Waals surface area (Å²) in [6.07, 6.45) is 0. The van der Waals surface area contributed by atoms with Gasteiger partial charge in [0.1, 0.15) is 6.04 Å². The smallest absolute Gasteiger partial charge is 0.312 e. The fourth-order valence-corrected chi connectivity index (χ4v) is 1.22. The molecule has 1 aromatic rings. The van der Waals surface area contributed by atoms with Gasteiger partial charge in [-0.3, -0.25) is 4.79 Å². The normalized spacial score (nSPS) is 11.6. The zero-order chi connectivity index (χ0) is 12.7. The van der Waals surface area contributed by atoms with Gasteiger partial charge in [0, 0.05) is 13.1 Å². The van der Waals surface area contributed by atoms with E-state index in [-0.39, 0.29) is 12.5 Å². The summed E-state index contributed by atoms with van der Waals surface area (Å²) in [7, 11) is 0. The minimum Gasteiger partial charge on any atom is -0.352 e. The highest BCUT2D eigenvalue weighted by Gasteiger charge is 2.12. The Morgan fingerprint density at radius 1 is 1.18 bits per heavy atom. The van der Waals surface area contributed by atoms with Crippen molar-refractivity contribution in [2.45, 2.75) is 12.6 Å². The van der Waals surface area contributed by atoms with Crippen molar-refractivity contribution in [1.29, 1.82) is 0 Å². The first-order chi connectivity index (χ1) is 8.09. The molecule has 17 heavy (non-hydrogen) atoms. The molecule has 1 atom stereocenters. The third-order valence-corrected chi connectivity index (χ3v) is 2.14.